The number of hydrogen-bond donors (Lipinski definition) is 1. The summed E-state index contributed by atoms with van der Waals surface area (Å²) >= 11 is 0. The van der Waals surface area contributed by atoms with E-state index < -0.39 is 0 Å². The van der Waals surface area contributed by atoms with Crippen molar-refractivity contribution < 1.29 is 0 Å². The maximum atomic E-state index is 3.72. The molecule has 1 heteroatoms. The predicted octanol–water partition coefficient (Wildman–Crippen LogP) is 5.80. The molecule has 1 aromatic rings. The summed E-state index contributed by atoms with van der Waals surface area (Å²) in [5, 5.41) is 3.72. The van der Waals surface area contributed by atoms with Gasteiger partial charge < -0.3 is 5.32 Å². The van der Waals surface area contributed by atoms with Crippen molar-refractivity contribution in [2.45, 2.75) is 77.7 Å². The first kappa shape index (κ1) is 15.4. The summed E-state index contributed by atoms with van der Waals surface area (Å²) in [5.41, 5.74) is 2.79. The molecule has 0 radical (unpaired) electrons. The highest BCUT2D eigenvalue weighted by Crippen LogP contribution is 2.28. The maximum Gasteiger partial charge on any atom is 0.0342 e. The second kappa shape index (κ2) is 8.34. The van der Waals surface area contributed by atoms with Gasteiger partial charge in [-0.25, -0.2) is 0 Å². The molecule has 1 aliphatic rings. The third-order valence-electron chi connectivity index (χ3n) is 4.82. The third-order valence-corrected chi connectivity index (χ3v) is 4.82. The number of benzene rings is 1. The second-order valence-electron chi connectivity index (χ2n) is 6.42. The van der Waals surface area contributed by atoms with Gasteiger partial charge in [-0.15, -0.1) is 0 Å². The Kier molecular flexibility index (Phi) is 6.42. The van der Waals surface area contributed by atoms with Crippen molar-refractivity contribution in [3.8, 4) is 0 Å². The standard InChI is InChI=1S/C19H31N/c1-3-5-6-7-17-10-14-19(15-11-17)20-18-12-8-16(4-2)9-13-18/h10-11,14-16,18,20H,3-9,12-13H2,1-2H3. The van der Waals surface area contributed by atoms with Gasteiger partial charge >= 0.3 is 0 Å². The van der Waals surface area contributed by atoms with Gasteiger partial charge in [-0.2, -0.15) is 0 Å². The zero-order chi connectivity index (χ0) is 14.2. The van der Waals surface area contributed by atoms with Crippen molar-refractivity contribution in [1.29, 1.82) is 0 Å². The molecule has 0 aromatic heterocycles. The first-order chi connectivity index (χ1) is 9.81. The van der Waals surface area contributed by atoms with Gasteiger partial charge in [0.2, 0.25) is 0 Å². The minimum absolute atomic E-state index is 0.698. The van der Waals surface area contributed by atoms with Crippen LogP contribution in [0.15, 0.2) is 24.3 Å². The molecule has 0 amide bonds. The molecule has 1 saturated carbocycles. The molecular weight excluding hydrogens is 242 g/mol. The number of hydrogen-bond acceptors (Lipinski definition) is 1. The summed E-state index contributed by atoms with van der Waals surface area (Å²) in [6, 6.07) is 9.84. The summed E-state index contributed by atoms with van der Waals surface area (Å²) in [7, 11) is 0. The second-order valence-corrected chi connectivity index (χ2v) is 6.42. The van der Waals surface area contributed by atoms with Crippen molar-refractivity contribution in [2.24, 2.45) is 5.92 Å². The van der Waals surface area contributed by atoms with Gasteiger partial charge in [-0.3, -0.25) is 0 Å². The molecule has 1 N–H and O–H groups in total. The Morgan fingerprint density at radius 3 is 2.25 bits per heavy atom. The first-order valence-electron chi connectivity index (χ1n) is 8.67. The normalized spacial score (nSPS) is 22.7. The van der Waals surface area contributed by atoms with Crippen LogP contribution in [-0.2, 0) is 6.42 Å². The van der Waals surface area contributed by atoms with Crippen LogP contribution >= 0.6 is 0 Å². The van der Waals surface area contributed by atoms with Crippen LogP contribution in [0.2, 0.25) is 0 Å². The Labute approximate surface area is 125 Å². The zero-order valence-corrected chi connectivity index (χ0v) is 13.3. The van der Waals surface area contributed by atoms with E-state index in [1.165, 1.54) is 69.0 Å². The van der Waals surface area contributed by atoms with Crippen molar-refractivity contribution in [1.82, 2.24) is 0 Å². The van der Waals surface area contributed by atoms with Crippen LogP contribution in [0.1, 0.15) is 70.8 Å². The van der Waals surface area contributed by atoms with E-state index in [1.54, 1.807) is 0 Å². The SMILES string of the molecule is CCCCCc1ccc(NC2CCC(CC)CC2)cc1. The molecule has 20 heavy (non-hydrogen) atoms. The largest absolute Gasteiger partial charge is 0.382 e. The van der Waals surface area contributed by atoms with Crippen molar-refractivity contribution in [3.05, 3.63) is 29.8 Å². The summed E-state index contributed by atoms with van der Waals surface area (Å²) < 4.78 is 0. The van der Waals surface area contributed by atoms with Crippen LogP contribution in [0.4, 0.5) is 5.69 Å². The monoisotopic (exact) mass is 273 g/mol. The Bertz CT molecular complexity index is 360. The summed E-state index contributed by atoms with van der Waals surface area (Å²) in [5.74, 6) is 0.981. The highest BCUT2D eigenvalue weighted by Gasteiger charge is 2.19. The van der Waals surface area contributed by atoms with Crippen molar-refractivity contribution in [3.63, 3.8) is 0 Å². The number of unbranched alkanes of at least 4 members (excludes halogenated alkanes) is 2. The van der Waals surface area contributed by atoms with Gasteiger partial charge in [0, 0.05) is 11.7 Å². The number of anilines is 1. The maximum absolute atomic E-state index is 3.72. The van der Waals surface area contributed by atoms with Crippen LogP contribution in [-0.4, -0.2) is 6.04 Å². The Hall–Kier alpha value is -0.980. The molecule has 0 spiro atoms. The lowest BCUT2D eigenvalue weighted by molar-refractivity contribution is 0.330. The molecule has 1 fully saturated rings. The third kappa shape index (κ3) is 4.85. The topological polar surface area (TPSA) is 12.0 Å². The number of rotatable bonds is 7. The molecule has 2 rings (SSSR count). The fourth-order valence-corrected chi connectivity index (χ4v) is 3.30. The Balaban J connectivity index is 1.76. The molecule has 0 aliphatic heterocycles. The number of aryl methyl sites for hydroxylation is 1. The molecule has 0 unspecified atom stereocenters. The first-order valence-corrected chi connectivity index (χ1v) is 8.67. The molecular formula is C19H31N. The van der Waals surface area contributed by atoms with E-state index in [-0.39, 0.29) is 0 Å². The van der Waals surface area contributed by atoms with E-state index in [9.17, 15) is 0 Å². The van der Waals surface area contributed by atoms with Crippen LogP contribution in [0.5, 0.6) is 0 Å². The van der Waals surface area contributed by atoms with Gasteiger partial charge in [-0.1, -0.05) is 45.2 Å². The molecule has 0 atom stereocenters. The summed E-state index contributed by atoms with van der Waals surface area (Å²) in [6.45, 7) is 4.59. The lowest BCUT2D eigenvalue weighted by atomic mass is 9.84. The molecule has 0 saturated heterocycles. The molecule has 1 nitrogen and oxygen atoms in total. The fraction of sp³-hybridized carbons (Fsp3) is 0.684. The van der Waals surface area contributed by atoms with E-state index in [0.29, 0.717) is 6.04 Å². The van der Waals surface area contributed by atoms with Crippen LogP contribution in [0, 0.1) is 5.92 Å². The van der Waals surface area contributed by atoms with Crippen LogP contribution in [0.25, 0.3) is 0 Å². The summed E-state index contributed by atoms with van der Waals surface area (Å²) in [6.07, 6.45) is 12.1. The molecule has 1 aliphatic carbocycles. The zero-order valence-electron chi connectivity index (χ0n) is 13.3. The van der Waals surface area contributed by atoms with E-state index in [2.05, 4.69) is 43.4 Å². The Morgan fingerprint density at radius 1 is 0.950 bits per heavy atom. The van der Waals surface area contributed by atoms with Gasteiger partial charge in [-0.05, 0) is 62.1 Å². The summed E-state index contributed by atoms with van der Waals surface area (Å²) in [4.78, 5) is 0. The quantitative estimate of drug-likeness (QED) is 0.619. The smallest absolute Gasteiger partial charge is 0.0342 e. The fourth-order valence-electron chi connectivity index (χ4n) is 3.30. The van der Waals surface area contributed by atoms with Gasteiger partial charge in [0.05, 0.1) is 0 Å². The Morgan fingerprint density at radius 2 is 1.65 bits per heavy atom. The number of nitrogens with one attached hydrogen (secondary N) is 1. The van der Waals surface area contributed by atoms with E-state index >= 15 is 0 Å². The van der Waals surface area contributed by atoms with Crippen molar-refractivity contribution >= 4 is 5.69 Å². The highest BCUT2D eigenvalue weighted by atomic mass is 14.9. The molecule has 1 aromatic carbocycles. The molecule has 112 valence electrons. The van der Waals surface area contributed by atoms with Gasteiger partial charge in [0.1, 0.15) is 0 Å². The predicted molar refractivity (Wildman–Crippen MR) is 89.3 cm³/mol. The van der Waals surface area contributed by atoms with Crippen LogP contribution < -0.4 is 5.32 Å². The van der Waals surface area contributed by atoms with Crippen LogP contribution in [0.3, 0.4) is 0 Å². The molecule has 0 bridgehead atoms. The minimum atomic E-state index is 0.698. The van der Waals surface area contributed by atoms with Gasteiger partial charge in [0.25, 0.3) is 0 Å². The highest BCUT2D eigenvalue weighted by molar-refractivity contribution is 5.45. The van der Waals surface area contributed by atoms with Gasteiger partial charge in [0.15, 0.2) is 0 Å². The van der Waals surface area contributed by atoms with Crippen molar-refractivity contribution in [2.75, 3.05) is 5.32 Å². The van der Waals surface area contributed by atoms with E-state index in [1.807, 2.05) is 0 Å². The average Bonchev–Trinajstić information content (AvgIpc) is 2.50. The lowest BCUT2D eigenvalue weighted by Crippen LogP contribution is -2.25. The lowest BCUT2D eigenvalue weighted by Gasteiger charge is -2.29. The minimum Gasteiger partial charge on any atom is -0.382 e. The van der Waals surface area contributed by atoms with E-state index in [0.717, 1.165) is 5.92 Å². The average molecular weight is 273 g/mol. The van der Waals surface area contributed by atoms with E-state index in [4.69, 9.17) is 0 Å². The molecule has 0 heterocycles.